The van der Waals surface area contributed by atoms with Crippen molar-refractivity contribution >= 4 is 40.9 Å². The van der Waals surface area contributed by atoms with E-state index in [0.29, 0.717) is 6.42 Å². The molecule has 2 atom stereocenters. The summed E-state index contributed by atoms with van der Waals surface area (Å²) in [4.78, 5) is 39.1. The number of rotatable bonds is 8. The number of esters is 1. The molecular formula is C18H23ClN4O6. The van der Waals surface area contributed by atoms with Crippen molar-refractivity contribution in [3.63, 3.8) is 0 Å². The van der Waals surface area contributed by atoms with Crippen molar-refractivity contribution in [1.82, 2.24) is 10.3 Å². The summed E-state index contributed by atoms with van der Waals surface area (Å²) >= 11 is 0. The van der Waals surface area contributed by atoms with Gasteiger partial charge < -0.3 is 20.5 Å². The molecule has 1 heterocycles. The number of nitro benzene ring substituents is 1. The average molecular weight is 427 g/mol. The van der Waals surface area contributed by atoms with Gasteiger partial charge in [0.25, 0.3) is 11.9 Å². The van der Waals surface area contributed by atoms with Crippen LogP contribution >= 0.6 is 12.4 Å². The van der Waals surface area contributed by atoms with Crippen LogP contribution in [0, 0.1) is 16.0 Å². The minimum absolute atomic E-state index is 0. The number of benzene rings is 1. The number of amides is 1. The first-order valence-electron chi connectivity index (χ1n) is 8.57. The molecule has 0 saturated heterocycles. The smallest absolute Gasteiger partial charge is 0.368 e. The number of halogens is 1. The first-order valence-corrected chi connectivity index (χ1v) is 8.57. The SMILES string of the molecule is COC(=O)[C@@H](NC(=O)[C@@H](N)CC(C)C)Oc1ccc([N+](=O)[O-])c2cccnc12.Cl. The van der Waals surface area contributed by atoms with E-state index >= 15 is 0 Å². The molecule has 2 rings (SSSR count). The van der Waals surface area contributed by atoms with E-state index in [4.69, 9.17) is 10.5 Å². The highest BCUT2D eigenvalue weighted by Gasteiger charge is 2.28. The number of pyridine rings is 1. The predicted molar refractivity (Wildman–Crippen MR) is 108 cm³/mol. The summed E-state index contributed by atoms with van der Waals surface area (Å²) in [6, 6.07) is 4.77. The number of nitrogens with zero attached hydrogens (tertiary/aromatic N) is 2. The first-order chi connectivity index (χ1) is 13.2. The minimum atomic E-state index is -1.48. The van der Waals surface area contributed by atoms with Gasteiger partial charge in [0.15, 0.2) is 0 Å². The van der Waals surface area contributed by atoms with E-state index in [0.717, 1.165) is 7.11 Å². The maximum Gasteiger partial charge on any atom is 0.368 e. The highest BCUT2D eigenvalue weighted by Crippen LogP contribution is 2.31. The van der Waals surface area contributed by atoms with Gasteiger partial charge in [-0.15, -0.1) is 12.4 Å². The molecular weight excluding hydrogens is 404 g/mol. The number of hydrogen-bond donors (Lipinski definition) is 2. The second-order valence-corrected chi connectivity index (χ2v) is 6.51. The summed E-state index contributed by atoms with van der Waals surface area (Å²) in [5.74, 6) is -1.17. The molecule has 0 aliphatic rings. The van der Waals surface area contributed by atoms with Gasteiger partial charge in [-0.3, -0.25) is 19.9 Å². The predicted octanol–water partition coefficient (Wildman–Crippen LogP) is 1.93. The number of non-ortho nitro benzene ring substituents is 1. The monoisotopic (exact) mass is 426 g/mol. The summed E-state index contributed by atoms with van der Waals surface area (Å²) in [7, 11) is 1.14. The van der Waals surface area contributed by atoms with Crippen LogP contribution in [-0.2, 0) is 14.3 Å². The second-order valence-electron chi connectivity index (χ2n) is 6.51. The fraction of sp³-hybridized carbons (Fsp3) is 0.389. The molecule has 3 N–H and O–H groups in total. The molecule has 0 aliphatic carbocycles. The van der Waals surface area contributed by atoms with Crippen LogP contribution in [0.25, 0.3) is 10.9 Å². The maximum absolute atomic E-state index is 12.3. The van der Waals surface area contributed by atoms with Crippen LogP contribution in [0.4, 0.5) is 5.69 Å². The van der Waals surface area contributed by atoms with Crippen molar-refractivity contribution in [3.8, 4) is 5.75 Å². The molecule has 10 nitrogen and oxygen atoms in total. The number of nitrogens with two attached hydrogens (primary N) is 1. The van der Waals surface area contributed by atoms with E-state index in [1.54, 1.807) is 6.07 Å². The lowest BCUT2D eigenvalue weighted by Crippen LogP contribution is -2.51. The van der Waals surface area contributed by atoms with Crippen LogP contribution in [0.2, 0.25) is 0 Å². The summed E-state index contributed by atoms with van der Waals surface area (Å²) in [5, 5.41) is 13.8. The number of carbonyl (C=O) groups excluding carboxylic acids is 2. The number of methoxy groups -OCH3 is 1. The first kappa shape index (κ1) is 24.1. The Morgan fingerprint density at radius 3 is 2.59 bits per heavy atom. The number of nitrogens with one attached hydrogen (secondary N) is 1. The Kier molecular flexibility index (Phi) is 8.74. The molecule has 0 radical (unpaired) electrons. The van der Waals surface area contributed by atoms with E-state index in [1.165, 1.54) is 24.4 Å². The lowest BCUT2D eigenvalue weighted by atomic mass is 10.0. The number of aromatic nitrogens is 1. The zero-order valence-electron chi connectivity index (χ0n) is 16.2. The highest BCUT2D eigenvalue weighted by atomic mass is 35.5. The standard InChI is InChI=1S/C18H22N4O6.ClH/c1-10(2)9-12(19)16(23)21-17(18(24)27-3)28-14-7-6-13(22(25)26)11-5-4-8-20-15(11)14;/h4-8,10,12,17H,9,19H2,1-3H3,(H,21,23);1H/t12-,17-;/m0./s1. The average Bonchev–Trinajstić information content (AvgIpc) is 2.66. The molecule has 1 aromatic heterocycles. The summed E-state index contributed by atoms with van der Waals surface area (Å²) in [6.45, 7) is 3.83. The van der Waals surface area contributed by atoms with Gasteiger partial charge in [-0.25, -0.2) is 4.79 Å². The van der Waals surface area contributed by atoms with Crippen LogP contribution < -0.4 is 15.8 Å². The van der Waals surface area contributed by atoms with Crippen LogP contribution in [0.3, 0.4) is 0 Å². The van der Waals surface area contributed by atoms with Gasteiger partial charge in [0, 0.05) is 12.3 Å². The van der Waals surface area contributed by atoms with Crippen molar-refractivity contribution in [2.75, 3.05) is 7.11 Å². The van der Waals surface area contributed by atoms with Gasteiger partial charge in [-0.05, 0) is 30.5 Å². The number of ether oxygens (including phenoxy) is 2. The van der Waals surface area contributed by atoms with E-state index in [2.05, 4.69) is 15.0 Å². The Balaban J connectivity index is 0.00000420. The molecule has 0 spiro atoms. The van der Waals surface area contributed by atoms with Crippen molar-refractivity contribution in [2.24, 2.45) is 11.7 Å². The van der Waals surface area contributed by atoms with Crippen molar-refractivity contribution in [2.45, 2.75) is 32.5 Å². The second kappa shape index (κ2) is 10.5. The zero-order valence-corrected chi connectivity index (χ0v) is 17.0. The van der Waals surface area contributed by atoms with Gasteiger partial charge in [0.2, 0.25) is 5.91 Å². The van der Waals surface area contributed by atoms with Crippen LogP contribution in [0.1, 0.15) is 20.3 Å². The molecule has 0 aliphatic heterocycles. The van der Waals surface area contributed by atoms with Gasteiger partial charge in [0.05, 0.1) is 23.5 Å². The van der Waals surface area contributed by atoms with E-state index in [1.807, 2.05) is 13.8 Å². The topological polar surface area (TPSA) is 147 Å². The van der Waals surface area contributed by atoms with Crippen LogP contribution in [-0.4, -0.2) is 41.2 Å². The lowest BCUT2D eigenvalue weighted by Gasteiger charge is -2.21. The third-order valence-electron chi connectivity index (χ3n) is 3.90. The zero-order chi connectivity index (χ0) is 20.8. The van der Waals surface area contributed by atoms with Gasteiger partial charge in [0.1, 0.15) is 11.3 Å². The molecule has 0 fully saturated rings. The van der Waals surface area contributed by atoms with Crippen molar-refractivity contribution in [3.05, 3.63) is 40.6 Å². The number of fused-ring (bicyclic) bond motifs is 1. The molecule has 1 amide bonds. The number of nitro groups is 1. The van der Waals surface area contributed by atoms with Crippen molar-refractivity contribution in [1.29, 1.82) is 0 Å². The Morgan fingerprint density at radius 2 is 2.00 bits per heavy atom. The maximum atomic E-state index is 12.3. The lowest BCUT2D eigenvalue weighted by molar-refractivity contribution is -0.383. The highest BCUT2D eigenvalue weighted by molar-refractivity contribution is 5.93. The molecule has 1 aromatic carbocycles. The number of carbonyl (C=O) groups is 2. The van der Waals surface area contributed by atoms with Gasteiger partial charge >= 0.3 is 5.97 Å². The van der Waals surface area contributed by atoms with Gasteiger partial charge in [-0.1, -0.05) is 13.8 Å². The molecule has 2 aromatic rings. The fourth-order valence-corrected chi connectivity index (χ4v) is 2.61. The Morgan fingerprint density at radius 1 is 1.31 bits per heavy atom. The molecule has 0 unspecified atom stereocenters. The molecule has 29 heavy (non-hydrogen) atoms. The third kappa shape index (κ3) is 6.00. The number of hydrogen-bond acceptors (Lipinski definition) is 8. The third-order valence-corrected chi connectivity index (χ3v) is 3.90. The Bertz CT molecular complexity index is 892. The normalized spacial score (nSPS) is 12.6. The Hall–Kier alpha value is -2.98. The largest absolute Gasteiger partial charge is 0.465 e. The molecule has 0 saturated carbocycles. The van der Waals surface area contributed by atoms with Crippen LogP contribution in [0.15, 0.2) is 30.5 Å². The molecule has 0 bridgehead atoms. The summed E-state index contributed by atoms with van der Waals surface area (Å²) in [5.41, 5.74) is 5.85. The Labute approximate surface area is 173 Å². The molecule has 11 heteroatoms. The van der Waals surface area contributed by atoms with E-state index < -0.39 is 29.1 Å². The minimum Gasteiger partial charge on any atom is -0.465 e. The molecule has 158 valence electrons. The fourth-order valence-electron chi connectivity index (χ4n) is 2.61. The van der Waals surface area contributed by atoms with E-state index in [9.17, 15) is 19.7 Å². The van der Waals surface area contributed by atoms with Crippen LogP contribution in [0.5, 0.6) is 5.75 Å². The quantitative estimate of drug-likeness (QED) is 0.281. The summed E-state index contributed by atoms with van der Waals surface area (Å²) < 4.78 is 10.3. The van der Waals surface area contributed by atoms with E-state index in [-0.39, 0.29) is 40.7 Å². The van der Waals surface area contributed by atoms with Gasteiger partial charge in [-0.2, -0.15) is 0 Å². The van der Waals surface area contributed by atoms with Crippen molar-refractivity contribution < 1.29 is 24.0 Å². The summed E-state index contributed by atoms with van der Waals surface area (Å²) in [6.07, 6.45) is 0.368.